The van der Waals surface area contributed by atoms with E-state index in [-0.39, 0.29) is 31.7 Å². The Kier molecular flexibility index (Phi) is 4.97. The Morgan fingerprint density at radius 1 is 1.33 bits per heavy atom. The van der Waals surface area contributed by atoms with Crippen LogP contribution in [0.2, 0.25) is 0 Å². The van der Waals surface area contributed by atoms with E-state index in [4.69, 9.17) is 4.74 Å². The summed E-state index contributed by atoms with van der Waals surface area (Å²) in [5.74, 6) is -0.671. The molecule has 1 fully saturated rings. The largest absolute Gasteiger partial charge is 0.417 e. The molecule has 24 heavy (non-hydrogen) atoms. The van der Waals surface area contributed by atoms with Crippen LogP contribution in [0, 0.1) is 5.41 Å². The molecule has 1 aliphatic heterocycles. The number of nitrogens with zero attached hydrogens (tertiary/aromatic N) is 1. The fourth-order valence-electron chi connectivity index (χ4n) is 3.13. The minimum atomic E-state index is -4.59. The molecule has 0 spiro atoms. The van der Waals surface area contributed by atoms with Crippen LogP contribution in [0.25, 0.3) is 0 Å². The van der Waals surface area contributed by atoms with E-state index in [1.165, 1.54) is 30.2 Å². The van der Waals surface area contributed by atoms with E-state index >= 15 is 0 Å². The second kappa shape index (κ2) is 6.37. The zero-order valence-electron chi connectivity index (χ0n) is 14.0. The molecule has 1 N–H and O–H groups in total. The van der Waals surface area contributed by atoms with Gasteiger partial charge in [-0.25, -0.2) is 0 Å². The van der Waals surface area contributed by atoms with Crippen molar-refractivity contribution in [1.29, 1.82) is 0 Å². The minimum Gasteiger partial charge on any atom is -0.387 e. The van der Waals surface area contributed by atoms with Crippen LogP contribution in [-0.2, 0) is 10.9 Å². The number of likely N-dealkylation sites (tertiary alicyclic amines) is 1. The van der Waals surface area contributed by atoms with E-state index < -0.39 is 28.7 Å². The zero-order chi connectivity index (χ0) is 18.2. The number of alkyl halides is 3. The van der Waals surface area contributed by atoms with Crippen LogP contribution in [0.3, 0.4) is 0 Å². The summed E-state index contributed by atoms with van der Waals surface area (Å²) in [6.07, 6.45) is -4.35. The SMILES string of the molecule is COC[C@]1(O)CCN(C(=O)c2ccccc2C(F)(F)F)CC1(C)C. The van der Waals surface area contributed by atoms with E-state index in [0.717, 1.165) is 6.07 Å². The second-order valence-electron chi connectivity index (χ2n) is 6.87. The Morgan fingerprint density at radius 2 is 1.96 bits per heavy atom. The number of aliphatic hydroxyl groups is 1. The van der Waals surface area contributed by atoms with Crippen molar-refractivity contribution < 1.29 is 27.8 Å². The van der Waals surface area contributed by atoms with Crippen molar-refractivity contribution >= 4 is 5.91 Å². The van der Waals surface area contributed by atoms with Gasteiger partial charge in [-0.2, -0.15) is 13.2 Å². The first-order valence-electron chi connectivity index (χ1n) is 7.69. The molecule has 1 atom stereocenters. The average molecular weight is 345 g/mol. The van der Waals surface area contributed by atoms with E-state index in [0.29, 0.717) is 0 Å². The van der Waals surface area contributed by atoms with Crippen molar-refractivity contribution in [3.8, 4) is 0 Å². The van der Waals surface area contributed by atoms with Gasteiger partial charge in [0.25, 0.3) is 5.91 Å². The maximum Gasteiger partial charge on any atom is 0.417 e. The monoisotopic (exact) mass is 345 g/mol. The maximum atomic E-state index is 13.1. The maximum absolute atomic E-state index is 13.1. The third kappa shape index (κ3) is 3.42. The third-order valence-electron chi connectivity index (χ3n) is 4.77. The summed E-state index contributed by atoms with van der Waals surface area (Å²) in [5, 5.41) is 10.7. The highest BCUT2D eigenvalue weighted by molar-refractivity contribution is 5.96. The molecule has 1 heterocycles. The molecule has 134 valence electrons. The topological polar surface area (TPSA) is 49.8 Å². The van der Waals surface area contributed by atoms with Gasteiger partial charge < -0.3 is 14.7 Å². The first kappa shape index (κ1) is 18.7. The summed E-state index contributed by atoms with van der Waals surface area (Å²) < 4.78 is 44.4. The number of halogens is 3. The summed E-state index contributed by atoms with van der Waals surface area (Å²) in [5.41, 5.74) is -3.13. The highest BCUT2D eigenvalue weighted by Crippen LogP contribution is 2.40. The molecule has 0 bridgehead atoms. The Balaban J connectivity index is 2.28. The van der Waals surface area contributed by atoms with Crippen molar-refractivity contribution in [1.82, 2.24) is 4.90 Å². The molecule has 1 saturated heterocycles. The van der Waals surface area contributed by atoms with Gasteiger partial charge in [0.2, 0.25) is 0 Å². The molecule has 2 rings (SSSR count). The number of rotatable bonds is 3. The lowest BCUT2D eigenvalue weighted by atomic mass is 9.70. The molecule has 1 aromatic rings. The fourth-order valence-corrected chi connectivity index (χ4v) is 3.13. The Morgan fingerprint density at radius 3 is 2.50 bits per heavy atom. The Hall–Kier alpha value is -1.60. The van der Waals surface area contributed by atoms with Crippen LogP contribution in [0.15, 0.2) is 24.3 Å². The van der Waals surface area contributed by atoms with Gasteiger partial charge in [0.1, 0.15) is 0 Å². The van der Waals surface area contributed by atoms with Crippen molar-refractivity contribution in [3.05, 3.63) is 35.4 Å². The van der Waals surface area contributed by atoms with Gasteiger partial charge in [-0.15, -0.1) is 0 Å². The molecule has 0 unspecified atom stereocenters. The normalized spacial score (nSPS) is 24.0. The standard InChI is InChI=1S/C17H22F3NO3/c1-15(2)10-21(9-8-16(15,23)11-24-3)14(22)12-6-4-5-7-13(12)17(18,19)20/h4-7,23H,8-11H2,1-3H3/t16-/m1/s1. The molecule has 1 aromatic carbocycles. The molecular weight excluding hydrogens is 323 g/mol. The van der Waals surface area contributed by atoms with Crippen LogP contribution in [0.4, 0.5) is 13.2 Å². The van der Waals surface area contributed by atoms with E-state index in [2.05, 4.69) is 0 Å². The quantitative estimate of drug-likeness (QED) is 0.916. The molecule has 0 radical (unpaired) electrons. The third-order valence-corrected chi connectivity index (χ3v) is 4.77. The average Bonchev–Trinajstić information content (AvgIpc) is 2.49. The van der Waals surface area contributed by atoms with Gasteiger partial charge in [-0.1, -0.05) is 26.0 Å². The van der Waals surface area contributed by atoms with Crippen LogP contribution >= 0.6 is 0 Å². The number of carbonyl (C=O) groups is 1. The van der Waals surface area contributed by atoms with E-state index in [1.54, 1.807) is 13.8 Å². The second-order valence-corrected chi connectivity index (χ2v) is 6.87. The van der Waals surface area contributed by atoms with Gasteiger partial charge >= 0.3 is 6.18 Å². The van der Waals surface area contributed by atoms with Crippen molar-refractivity contribution in [3.63, 3.8) is 0 Å². The Bertz CT molecular complexity index is 615. The minimum absolute atomic E-state index is 0.112. The lowest BCUT2D eigenvalue weighted by molar-refractivity contribution is -0.145. The van der Waals surface area contributed by atoms with Gasteiger partial charge in [-0.05, 0) is 18.6 Å². The first-order chi connectivity index (χ1) is 11.0. The number of ether oxygens (including phenoxy) is 1. The highest BCUT2D eigenvalue weighted by atomic mass is 19.4. The lowest BCUT2D eigenvalue weighted by Crippen LogP contribution is -2.60. The fraction of sp³-hybridized carbons (Fsp3) is 0.588. The summed E-state index contributed by atoms with van der Waals surface area (Å²) in [4.78, 5) is 14.0. The number of carbonyl (C=O) groups excluding carboxylic acids is 1. The molecule has 7 heteroatoms. The van der Waals surface area contributed by atoms with E-state index in [9.17, 15) is 23.1 Å². The molecule has 1 amide bonds. The summed E-state index contributed by atoms with van der Waals surface area (Å²) in [7, 11) is 1.48. The molecule has 0 aromatic heterocycles. The van der Waals surface area contributed by atoms with Gasteiger partial charge in [0.15, 0.2) is 0 Å². The summed E-state index contributed by atoms with van der Waals surface area (Å²) in [6.45, 7) is 4.00. The predicted octanol–water partition coefficient (Wildman–Crippen LogP) is 2.96. The van der Waals surface area contributed by atoms with Gasteiger partial charge in [0.05, 0.1) is 23.3 Å². The van der Waals surface area contributed by atoms with Crippen LogP contribution in [0.5, 0.6) is 0 Å². The van der Waals surface area contributed by atoms with Crippen molar-refractivity contribution in [2.75, 3.05) is 26.8 Å². The van der Waals surface area contributed by atoms with Crippen molar-refractivity contribution in [2.45, 2.75) is 32.0 Å². The first-order valence-corrected chi connectivity index (χ1v) is 7.69. The molecule has 0 aliphatic carbocycles. The van der Waals surface area contributed by atoms with Crippen LogP contribution in [0.1, 0.15) is 36.2 Å². The molecule has 4 nitrogen and oxygen atoms in total. The van der Waals surface area contributed by atoms with Crippen LogP contribution < -0.4 is 0 Å². The predicted molar refractivity (Wildman–Crippen MR) is 82.6 cm³/mol. The molecule has 0 saturated carbocycles. The number of hydrogen-bond donors (Lipinski definition) is 1. The Labute approximate surface area is 139 Å². The lowest BCUT2D eigenvalue weighted by Gasteiger charge is -2.50. The smallest absolute Gasteiger partial charge is 0.387 e. The number of benzene rings is 1. The number of methoxy groups -OCH3 is 1. The zero-order valence-corrected chi connectivity index (χ0v) is 14.0. The summed E-state index contributed by atoms with van der Waals surface area (Å²) >= 11 is 0. The van der Waals surface area contributed by atoms with E-state index in [1.807, 2.05) is 0 Å². The number of amides is 1. The van der Waals surface area contributed by atoms with Gasteiger partial charge in [0, 0.05) is 25.6 Å². The van der Waals surface area contributed by atoms with Crippen LogP contribution in [-0.4, -0.2) is 48.3 Å². The van der Waals surface area contributed by atoms with Crippen molar-refractivity contribution in [2.24, 2.45) is 5.41 Å². The number of piperidine rings is 1. The van der Waals surface area contributed by atoms with Gasteiger partial charge in [-0.3, -0.25) is 4.79 Å². The molecular formula is C17H22F3NO3. The summed E-state index contributed by atoms with van der Waals surface area (Å²) in [6, 6.07) is 4.77. The number of hydrogen-bond acceptors (Lipinski definition) is 3. The highest BCUT2D eigenvalue weighted by Gasteiger charge is 2.49. The molecule has 1 aliphatic rings.